The molecule has 0 heterocycles. The third-order valence-corrected chi connectivity index (χ3v) is 10.00. The molecule has 3 unspecified atom stereocenters. The molecule has 1 amide bonds. The lowest BCUT2D eigenvalue weighted by Gasteiger charge is -2.29. The molecule has 8 nitrogen and oxygen atoms in total. The van der Waals surface area contributed by atoms with Gasteiger partial charge in [-0.2, -0.15) is 0 Å². The summed E-state index contributed by atoms with van der Waals surface area (Å²) in [6, 6.07) is -0.885. The quantitative estimate of drug-likeness (QED) is 0.0283. The van der Waals surface area contributed by atoms with Crippen LogP contribution in [0.4, 0.5) is 0 Å². The first-order valence-electron chi connectivity index (χ1n) is 21.0. The maximum Gasteiger partial charge on any atom is 0.268 e. The highest BCUT2D eigenvalue weighted by atomic mass is 31.2. The number of rotatable bonds is 37. The van der Waals surface area contributed by atoms with Crippen molar-refractivity contribution in [3.8, 4) is 0 Å². The number of amides is 1. The maximum absolute atomic E-state index is 12.7. The predicted molar refractivity (Wildman–Crippen MR) is 219 cm³/mol. The first-order valence-corrected chi connectivity index (χ1v) is 22.5. The second-order valence-corrected chi connectivity index (χ2v) is 16.8. The van der Waals surface area contributed by atoms with Crippen LogP contribution in [0.25, 0.3) is 0 Å². The molecular weight excluding hydrogens is 671 g/mol. The van der Waals surface area contributed by atoms with Crippen molar-refractivity contribution in [1.82, 2.24) is 5.32 Å². The number of carbonyl (C=O) groups is 1. The molecule has 0 aliphatic carbocycles. The van der Waals surface area contributed by atoms with Crippen LogP contribution in [0.15, 0.2) is 48.6 Å². The number of phosphoric acid groups is 1. The van der Waals surface area contributed by atoms with E-state index in [4.69, 9.17) is 9.05 Å². The molecular formula is C43H81N2O6P. The van der Waals surface area contributed by atoms with Gasteiger partial charge in [-0.1, -0.05) is 152 Å². The molecule has 0 aromatic heterocycles. The van der Waals surface area contributed by atoms with Crippen molar-refractivity contribution in [3.63, 3.8) is 0 Å². The fraction of sp³-hybridized carbons (Fsp3) is 0.791. The van der Waals surface area contributed by atoms with E-state index in [1.807, 2.05) is 27.2 Å². The van der Waals surface area contributed by atoms with Crippen LogP contribution in [-0.4, -0.2) is 68.5 Å². The van der Waals surface area contributed by atoms with Gasteiger partial charge < -0.3 is 28.8 Å². The van der Waals surface area contributed by atoms with Crippen molar-refractivity contribution in [2.45, 2.75) is 180 Å². The molecule has 0 aromatic rings. The molecule has 304 valence electrons. The standard InChI is InChI=1S/C43H81N2O6P/c1-6-8-10-12-13-14-15-16-17-18-19-20-21-22-23-24-25-26-27-28-29-30-31-33-35-37-43(47)44-41(42(46)36-34-32-11-9-7-2)40-51-52(48,49)50-39-38-45(3,4)5/h15-16,18-19,21-22,34,36,41-42,46H,6-14,17,20,23-33,35,37-40H2,1-5H3,(H-,44,47,48,49)/b16-15-,19-18-,22-21-,36-34+. The molecule has 9 heteroatoms. The zero-order valence-corrected chi connectivity index (χ0v) is 35.1. The third kappa shape index (κ3) is 36.8. The first-order chi connectivity index (χ1) is 25.0. The molecule has 0 aliphatic heterocycles. The SMILES string of the molecule is CCCCC/C=C/C(O)C(COP(=O)([O-])OCC[N+](C)(C)C)NC(=O)CCCCCCCCCCCC/C=C\C/C=C\C/C=C\CCCCCCC. The van der Waals surface area contributed by atoms with Gasteiger partial charge in [0, 0.05) is 6.42 Å². The lowest BCUT2D eigenvalue weighted by Crippen LogP contribution is -2.45. The number of nitrogens with zero attached hydrogens (tertiary/aromatic N) is 1. The fourth-order valence-electron chi connectivity index (χ4n) is 5.63. The van der Waals surface area contributed by atoms with Gasteiger partial charge in [0.05, 0.1) is 39.9 Å². The van der Waals surface area contributed by atoms with E-state index in [1.165, 1.54) is 89.9 Å². The number of quaternary nitrogens is 1. The van der Waals surface area contributed by atoms with Crippen LogP contribution in [-0.2, 0) is 18.4 Å². The fourth-order valence-corrected chi connectivity index (χ4v) is 6.35. The minimum atomic E-state index is -4.57. The van der Waals surface area contributed by atoms with Gasteiger partial charge in [0.2, 0.25) is 5.91 Å². The number of nitrogens with one attached hydrogen (secondary N) is 1. The van der Waals surface area contributed by atoms with Gasteiger partial charge in [-0.25, -0.2) is 0 Å². The van der Waals surface area contributed by atoms with Gasteiger partial charge in [-0.05, 0) is 57.8 Å². The molecule has 0 aliphatic rings. The molecule has 0 fully saturated rings. The second kappa shape index (κ2) is 35.2. The van der Waals surface area contributed by atoms with Crippen LogP contribution in [0.5, 0.6) is 0 Å². The number of likely N-dealkylation sites (N-methyl/N-ethyl adjacent to an activating group) is 1. The average molecular weight is 753 g/mol. The number of allylic oxidation sites excluding steroid dienone is 7. The van der Waals surface area contributed by atoms with E-state index >= 15 is 0 Å². The summed E-state index contributed by atoms with van der Waals surface area (Å²) < 4.78 is 22.9. The lowest BCUT2D eigenvalue weighted by atomic mass is 10.0. The van der Waals surface area contributed by atoms with Gasteiger partial charge in [0.15, 0.2) is 0 Å². The normalized spacial score (nSPS) is 15.0. The van der Waals surface area contributed by atoms with Crippen molar-refractivity contribution in [2.24, 2.45) is 0 Å². The van der Waals surface area contributed by atoms with E-state index < -0.39 is 20.0 Å². The number of unbranched alkanes of at least 4 members (excludes halogenated alkanes) is 18. The Morgan fingerprint density at radius 3 is 1.65 bits per heavy atom. The van der Waals surface area contributed by atoms with Crippen molar-refractivity contribution >= 4 is 13.7 Å². The van der Waals surface area contributed by atoms with Crippen LogP contribution in [0.1, 0.15) is 168 Å². The van der Waals surface area contributed by atoms with Crippen molar-refractivity contribution < 1.29 is 32.9 Å². The summed E-state index contributed by atoms with van der Waals surface area (Å²) in [5, 5.41) is 13.5. The molecule has 0 saturated carbocycles. The molecule has 3 atom stereocenters. The molecule has 2 N–H and O–H groups in total. The Morgan fingerprint density at radius 1 is 0.673 bits per heavy atom. The van der Waals surface area contributed by atoms with Gasteiger partial charge in [-0.15, -0.1) is 0 Å². The van der Waals surface area contributed by atoms with Gasteiger partial charge >= 0.3 is 0 Å². The number of hydrogen-bond donors (Lipinski definition) is 2. The minimum Gasteiger partial charge on any atom is -0.756 e. The molecule has 0 radical (unpaired) electrons. The summed E-state index contributed by atoms with van der Waals surface area (Å²) in [5.41, 5.74) is 0. The molecule has 0 bridgehead atoms. The van der Waals surface area contributed by atoms with Crippen LogP contribution in [0.3, 0.4) is 0 Å². The summed E-state index contributed by atoms with van der Waals surface area (Å²) in [4.78, 5) is 25.0. The number of aliphatic hydroxyl groups excluding tert-OH is 1. The number of hydrogen-bond acceptors (Lipinski definition) is 6. The Kier molecular flexibility index (Phi) is 34.1. The van der Waals surface area contributed by atoms with Crippen LogP contribution in [0, 0.1) is 0 Å². The highest BCUT2D eigenvalue weighted by Gasteiger charge is 2.23. The largest absolute Gasteiger partial charge is 0.756 e. The summed E-state index contributed by atoms with van der Waals surface area (Å²) in [5.74, 6) is -0.212. The Labute approximate surface area is 320 Å². The van der Waals surface area contributed by atoms with E-state index in [2.05, 4.69) is 55.6 Å². The highest BCUT2D eigenvalue weighted by molar-refractivity contribution is 7.45. The van der Waals surface area contributed by atoms with E-state index in [0.717, 1.165) is 57.8 Å². The summed E-state index contributed by atoms with van der Waals surface area (Å²) in [6.07, 6.45) is 43.5. The first kappa shape index (κ1) is 50.5. The second-order valence-electron chi connectivity index (χ2n) is 15.3. The zero-order chi connectivity index (χ0) is 38.6. The monoisotopic (exact) mass is 753 g/mol. The van der Waals surface area contributed by atoms with Crippen LogP contribution < -0.4 is 10.2 Å². The van der Waals surface area contributed by atoms with E-state index in [1.54, 1.807) is 6.08 Å². The van der Waals surface area contributed by atoms with Gasteiger partial charge in [0.1, 0.15) is 13.2 Å². The molecule has 0 aromatic carbocycles. The van der Waals surface area contributed by atoms with Gasteiger partial charge in [0.25, 0.3) is 7.82 Å². The zero-order valence-electron chi connectivity index (χ0n) is 34.2. The van der Waals surface area contributed by atoms with Crippen LogP contribution >= 0.6 is 7.82 Å². The van der Waals surface area contributed by atoms with Crippen LogP contribution in [0.2, 0.25) is 0 Å². The van der Waals surface area contributed by atoms with E-state index in [-0.39, 0.29) is 19.1 Å². The predicted octanol–water partition coefficient (Wildman–Crippen LogP) is 10.7. The average Bonchev–Trinajstić information content (AvgIpc) is 3.09. The summed E-state index contributed by atoms with van der Waals surface area (Å²) in [6.45, 7) is 4.50. The minimum absolute atomic E-state index is 0.00439. The summed E-state index contributed by atoms with van der Waals surface area (Å²) in [7, 11) is 1.25. The number of aliphatic hydroxyl groups is 1. The molecule has 0 spiro atoms. The van der Waals surface area contributed by atoms with E-state index in [9.17, 15) is 19.4 Å². The lowest BCUT2D eigenvalue weighted by molar-refractivity contribution is -0.870. The molecule has 0 saturated heterocycles. The topological polar surface area (TPSA) is 108 Å². The third-order valence-electron chi connectivity index (χ3n) is 9.03. The Bertz CT molecular complexity index is 991. The Morgan fingerprint density at radius 2 is 1.12 bits per heavy atom. The molecule has 0 rings (SSSR count). The smallest absolute Gasteiger partial charge is 0.268 e. The summed E-state index contributed by atoms with van der Waals surface area (Å²) >= 11 is 0. The van der Waals surface area contributed by atoms with Crippen molar-refractivity contribution in [1.29, 1.82) is 0 Å². The van der Waals surface area contributed by atoms with Crippen molar-refractivity contribution in [3.05, 3.63) is 48.6 Å². The molecule has 52 heavy (non-hydrogen) atoms. The maximum atomic E-state index is 12.7. The van der Waals surface area contributed by atoms with Crippen molar-refractivity contribution in [2.75, 3.05) is 40.9 Å². The highest BCUT2D eigenvalue weighted by Crippen LogP contribution is 2.38. The van der Waals surface area contributed by atoms with E-state index in [0.29, 0.717) is 17.4 Å². The Hall–Kier alpha value is -1.54. The number of phosphoric ester groups is 1. The Balaban J connectivity index is 4.07. The van der Waals surface area contributed by atoms with Gasteiger partial charge in [-0.3, -0.25) is 9.36 Å². The number of carbonyl (C=O) groups excluding carboxylic acids is 1.